The van der Waals surface area contributed by atoms with Crippen molar-refractivity contribution in [3.8, 4) is 0 Å². The first-order chi connectivity index (χ1) is 5.28. The number of alkyl halides is 2. The van der Waals surface area contributed by atoms with Crippen LogP contribution in [-0.4, -0.2) is 14.4 Å². The van der Waals surface area contributed by atoms with Crippen LogP contribution in [0.5, 0.6) is 0 Å². The molecule has 1 nitrogen and oxygen atoms in total. The Labute approximate surface area is 91.6 Å². The van der Waals surface area contributed by atoms with Crippen molar-refractivity contribution in [1.82, 2.24) is 0 Å². The van der Waals surface area contributed by atoms with Gasteiger partial charge >= 0.3 is 0 Å². The molecule has 0 saturated heterocycles. The van der Waals surface area contributed by atoms with Gasteiger partial charge in [-0.1, -0.05) is 45.7 Å². The Bertz CT molecular complexity index is 155. The molecule has 2 atom stereocenters. The van der Waals surface area contributed by atoms with Crippen molar-refractivity contribution in [2.75, 3.05) is 0 Å². The molecule has 0 amide bonds. The average molecular weight is 300 g/mol. The second kappa shape index (κ2) is 4.23. The maximum Gasteiger partial charge on any atom is 0.165 e. The van der Waals surface area contributed by atoms with Gasteiger partial charge in [0.15, 0.2) is 5.78 Å². The highest BCUT2D eigenvalue weighted by molar-refractivity contribution is 9.11. The molecule has 0 aromatic carbocycles. The Balaban J connectivity index is 4.60. The monoisotopic (exact) mass is 298 g/mol. The fourth-order valence-corrected chi connectivity index (χ4v) is 2.01. The zero-order valence-electron chi connectivity index (χ0n) is 8.08. The molecule has 3 heteroatoms. The smallest absolute Gasteiger partial charge is 0.165 e. The van der Waals surface area contributed by atoms with Crippen LogP contribution < -0.4 is 0 Å². The summed E-state index contributed by atoms with van der Waals surface area (Å²) in [6.07, 6.45) is 1.63. The molecule has 0 radical (unpaired) electrons. The van der Waals surface area contributed by atoms with Gasteiger partial charge in [-0.05, 0) is 26.7 Å². The molecule has 0 aliphatic carbocycles. The third-order valence-electron chi connectivity index (χ3n) is 2.27. The predicted octanol–water partition coefficient (Wildman–Crippen LogP) is 3.68. The molecule has 0 aromatic rings. The first-order valence-corrected chi connectivity index (χ1v) is 5.79. The zero-order chi connectivity index (χ0) is 9.99. The summed E-state index contributed by atoms with van der Waals surface area (Å²) in [4.78, 5) is 11.9. The van der Waals surface area contributed by atoms with E-state index in [0.29, 0.717) is 0 Å². The molecular weight excluding hydrogens is 284 g/mol. The van der Waals surface area contributed by atoms with Gasteiger partial charge in [0.25, 0.3) is 0 Å². The molecule has 0 N–H and O–H groups in total. The summed E-state index contributed by atoms with van der Waals surface area (Å²) in [5.74, 6) is 0.222. The number of hydrogen-bond acceptors (Lipinski definition) is 1. The van der Waals surface area contributed by atoms with Gasteiger partial charge in [0, 0.05) is 0 Å². The van der Waals surface area contributed by atoms with Gasteiger partial charge in [0.1, 0.15) is 0 Å². The second-order valence-electron chi connectivity index (χ2n) is 3.43. The number of carbonyl (C=O) groups excluding carboxylic acids is 1. The Morgan fingerprint density at radius 2 is 1.33 bits per heavy atom. The van der Waals surface area contributed by atoms with Gasteiger partial charge in [-0.3, -0.25) is 4.79 Å². The zero-order valence-corrected chi connectivity index (χ0v) is 11.3. The maximum absolute atomic E-state index is 11.9. The normalized spacial score (nSPS) is 21.2. The fourth-order valence-electron chi connectivity index (χ4n) is 0.865. The molecule has 12 heavy (non-hydrogen) atoms. The summed E-state index contributed by atoms with van der Waals surface area (Å²) in [6.45, 7) is 7.85. The highest BCUT2D eigenvalue weighted by Crippen LogP contribution is 2.34. The van der Waals surface area contributed by atoms with Crippen LogP contribution in [0.15, 0.2) is 0 Å². The topological polar surface area (TPSA) is 17.1 Å². The summed E-state index contributed by atoms with van der Waals surface area (Å²) < 4.78 is -0.775. The van der Waals surface area contributed by atoms with E-state index in [1.54, 1.807) is 0 Å². The standard InChI is InChI=1S/C9H16Br2O/c1-5-8(3,10)7(12)9(4,11)6-2/h5-6H2,1-4H3. The summed E-state index contributed by atoms with van der Waals surface area (Å²) in [7, 11) is 0. The lowest BCUT2D eigenvalue weighted by molar-refractivity contribution is -0.122. The van der Waals surface area contributed by atoms with Crippen LogP contribution in [0.25, 0.3) is 0 Å². The SMILES string of the molecule is CCC(C)(Br)C(=O)C(C)(Br)CC. The molecule has 0 aromatic heterocycles. The van der Waals surface area contributed by atoms with Gasteiger partial charge in [0.05, 0.1) is 8.65 Å². The van der Waals surface area contributed by atoms with E-state index in [4.69, 9.17) is 0 Å². The molecule has 0 rings (SSSR count). The van der Waals surface area contributed by atoms with Crippen molar-refractivity contribution < 1.29 is 4.79 Å². The third-order valence-corrected chi connectivity index (χ3v) is 4.12. The fraction of sp³-hybridized carbons (Fsp3) is 0.889. The summed E-state index contributed by atoms with van der Waals surface area (Å²) >= 11 is 6.89. The van der Waals surface area contributed by atoms with E-state index < -0.39 is 0 Å². The number of halogens is 2. The van der Waals surface area contributed by atoms with Crippen molar-refractivity contribution in [1.29, 1.82) is 0 Å². The minimum absolute atomic E-state index is 0.222. The molecule has 0 heterocycles. The Kier molecular flexibility index (Phi) is 4.45. The van der Waals surface area contributed by atoms with E-state index in [-0.39, 0.29) is 14.4 Å². The van der Waals surface area contributed by atoms with Crippen molar-refractivity contribution in [3.63, 3.8) is 0 Å². The number of hydrogen-bond donors (Lipinski definition) is 0. The van der Waals surface area contributed by atoms with Crippen LogP contribution in [0.3, 0.4) is 0 Å². The lowest BCUT2D eigenvalue weighted by atomic mass is 9.91. The molecule has 72 valence electrons. The van der Waals surface area contributed by atoms with Crippen molar-refractivity contribution in [2.24, 2.45) is 0 Å². The highest BCUT2D eigenvalue weighted by atomic mass is 79.9. The molecule has 0 fully saturated rings. The number of Topliss-reactive ketones (excluding diaryl/α,β-unsaturated/α-hetero) is 1. The minimum Gasteiger partial charge on any atom is -0.297 e. The Morgan fingerprint density at radius 1 is 1.08 bits per heavy atom. The van der Waals surface area contributed by atoms with Crippen molar-refractivity contribution in [3.05, 3.63) is 0 Å². The first kappa shape index (κ1) is 12.6. The largest absolute Gasteiger partial charge is 0.297 e. The average Bonchev–Trinajstić information content (AvgIpc) is 2.03. The van der Waals surface area contributed by atoms with Crippen molar-refractivity contribution >= 4 is 37.6 Å². The third kappa shape index (κ3) is 2.84. The lowest BCUT2D eigenvalue weighted by Gasteiger charge is -2.28. The van der Waals surface area contributed by atoms with Crippen LogP contribution in [0.2, 0.25) is 0 Å². The van der Waals surface area contributed by atoms with E-state index in [0.717, 1.165) is 12.8 Å². The molecule has 0 aliphatic rings. The van der Waals surface area contributed by atoms with Gasteiger partial charge in [-0.25, -0.2) is 0 Å². The molecule has 0 spiro atoms. The molecular formula is C9H16Br2O. The van der Waals surface area contributed by atoms with Crippen LogP contribution in [0.1, 0.15) is 40.5 Å². The van der Waals surface area contributed by atoms with Crippen LogP contribution in [0.4, 0.5) is 0 Å². The van der Waals surface area contributed by atoms with Gasteiger partial charge in [-0.2, -0.15) is 0 Å². The van der Waals surface area contributed by atoms with Gasteiger partial charge < -0.3 is 0 Å². The van der Waals surface area contributed by atoms with E-state index in [1.807, 2.05) is 27.7 Å². The lowest BCUT2D eigenvalue weighted by Crippen LogP contribution is -2.41. The number of rotatable bonds is 4. The van der Waals surface area contributed by atoms with Gasteiger partial charge in [-0.15, -0.1) is 0 Å². The van der Waals surface area contributed by atoms with Crippen LogP contribution >= 0.6 is 31.9 Å². The van der Waals surface area contributed by atoms with E-state index in [1.165, 1.54) is 0 Å². The highest BCUT2D eigenvalue weighted by Gasteiger charge is 2.39. The summed E-state index contributed by atoms with van der Waals surface area (Å²) in [6, 6.07) is 0. The predicted molar refractivity (Wildman–Crippen MR) is 60.3 cm³/mol. The van der Waals surface area contributed by atoms with Crippen LogP contribution in [-0.2, 0) is 4.79 Å². The molecule has 0 bridgehead atoms. The maximum atomic E-state index is 11.9. The van der Waals surface area contributed by atoms with Crippen LogP contribution in [0, 0.1) is 0 Å². The van der Waals surface area contributed by atoms with Crippen molar-refractivity contribution in [2.45, 2.75) is 49.2 Å². The molecule has 0 saturated carbocycles. The minimum atomic E-state index is -0.388. The van der Waals surface area contributed by atoms with E-state index in [2.05, 4.69) is 31.9 Å². The van der Waals surface area contributed by atoms with Gasteiger partial charge in [0.2, 0.25) is 0 Å². The summed E-state index contributed by atoms with van der Waals surface area (Å²) in [5, 5.41) is 0. The Morgan fingerprint density at radius 3 is 1.50 bits per heavy atom. The Hall–Kier alpha value is 0.630. The second-order valence-corrected chi connectivity index (χ2v) is 6.93. The number of carbonyl (C=O) groups is 1. The van der Waals surface area contributed by atoms with E-state index in [9.17, 15) is 4.79 Å². The van der Waals surface area contributed by atoms with E-state index >= 15 is 0 Å². The first-order valence-electron chi connectivity index (χ1n) is 4.20. The summed E-state index contributed by atoms with van der Waals surface area (Å²) in [5.41, 5.74) is 0. The molecule has 0 aliphatic heterocycles. The number of ketones is 1. The quantitative estimate of drug-likeness (QED) is 0.724. The molecule has 2 unspecified atom stereocenters.